The Bertz CT molecular complexity index is 383. The van der Waals surface area contributed by atoms with Crippen molar-refractivity contribution in [1.29, 1.82) is 0 Å². The highest BCUT2D eigenvalue weighted by Crippen LogP contribution is 2.11. The second-order valence-electron chi connectivity index (χ2n) is 3.54. The molecule has 1 aromatic rings. The lowest BCUT2D eigenvalue weighted by Crippen LogP contribution is -2.19. The summed E-state index contributed by atoms with van der Waals surface area (Å²) in [5, 5.41) is 2.32. The van der Waals surface area contributed by atoms with Gasteiger partial charge in [-0.05, 0) is 18.2 Å². The zero-order valence-corrected chi connectivity index (χ0v) is 10.2. The molecule has 0 aromatic heterocycles. The largest absolute Gasteiger partial charge is 0.399 e. The average molecular weight is 256 g/mol. The van der Waals surface area contributed by atoms with Gasteiger partial charge in [-0.15, -0.1) is 0 Å². The molecule has 0 radical (unpaired) electrons. The van der Waals surface area contributed by atoms with E-state index in [1.54, 1.807) is 0 Å². The van der Waals surface area contributed by atoms with Gasteiger partial charge in [0, 0.05) is 12.7 Å². The highest BCUT2D eigenvalue weighted by atomic mass is 19.1. The Balaban J connectivity index is 0.000000225. The summed E-state index contributed by atoms with van der Waals surface area (Å²) in [5.74, 6) is -1.05. The van der Waals surface area contributed by atoms with Crippen molar-refractivity contribution in [2.45, 2.75) is 0 Å². The van der Waals surface area contributed by atoms with Crippen LogP contribution in [0.25, 0.3) is 0 Å². The van der Waals surface area contributed by atoms with E-state index in [1.807, 2.05) is 0 Å². The molecule has 2 rings (SSSR count). The number of hydrogen-bond donors (Lipinski definition) is 2. The molecule has 1 aliphatic rings. The van der Waals surface area contributed by atoms with Crippen molar-refractivity contribution in [3.8, 4) is 0 Å². The summed E-state index contributed by atoms with van der Waals surface area (Å²) in [5.41, 5.74) is 5.61. The van der Waals surface area contributed by atoms with Crippen molar-refractivity contribution >= 4 is 11.6 Å². The first-order valence-corrected chi connectivity index (χ1v) is 5.57. The van der Waals surface area contributed by atoms with Crippen molar-refractivity contribution in [3.63, 3.8) is 0 Å². The van der Waals surface area contributed by atoms with Crippen LogP contribution in [0.15, 0.2) is 18.2 Å². The quantitative estimate of drug-likeness (QED) is 0.729. The number of nitrogens with one attached hydrogen (secondary N) is 1. The molecule has 1 saturated heterocycles. The molecule has 1 amide bonds. The molecule has 0 aliphatic carbocycles. The van der Waals surface area contributed by atoms with Crippen molar-refractivity contribution in [2.24, 2.45) is 0 Å². The lowest BCUT2D eigenvalue weighted by atomic mass is 10.2. The Kier molecular flexibility index (Phi) is 6.10. The van der Waals surface area contributed by atoms with Crippen LogP contribution in [-0.4, -0.2) is 39.4 Å². The molecule has 1 fully saturated rings. The lowest BCUT2D eigenvalue weighted by Gasteiger charge is -2.09. The molecule has 0 spiro atoms. The van der Waals surface area contributed by atoms with Crippen molar-refractivity contribution in [1.82, 2.24) is 5.32 Å². The van der Waals surface area contributed by atoms with E-state index in [1.165, 1.54) is 19.2 Å². The average Bonchev–Trinajstić information content (AvgIpc) is 2.41. The first-order valence-electron chi connectivity index (χ1n) is 5.57. The fourth-order valence-corrected chi connectivity index (χ4v) is 1.29. The second-order valence-corrected chi connectivity index (χ2v) is 3.54. The summed E-state index contributed by atoms with van der Waals surface area (Å²) in [4.78, 5) is 11.0. The van der Waals surface area contributed by atoms with Crippen LogP contribution in [0.1, 0.15) is 10.4 Å². The van der Waals surface area contributed by atoms with Gasteiger partial charge in [0.2, 0.25) is 0 Å². The van der Waals surface area contributed by atoms with E-state index in [2.05, 4.69) is 5.32 Å². The van der Waals surface area contributed by atoms with Gasteiger partial charge in [0.15, 0.2) is 0 Å². The molecule has 0 atom stereocenters. The van der Waals surface area contributed by atoms with E-state index in [0.29, 0.717) is 5.69 Å². The summed E-state index contributed by atoms with van der Waals surface area (Å²) in [6.07, 6.45) is 0. The molecule has 6 heteroatoms. The van der Waals surface area contributed by atoms with E-state index in [9.17, 15) is 9.18 Å². The number of rotatable bonds is 1. The molecule has 5 nitrogen and oxygen atoms in total. The van der Waals surface area contributed by atoms with Crippen LogP contribution < -0.4 is 11.1 Å². The molecule has 0 unspecified atom stereocenters. The second kappa shape index (κ2) is 7.62. The first kappa shape index (κ1) is 14.4. The number of halogens is 1. The Morgan fingerprint density at radius 1 is 1.28 bits per heavy atom. The van der Waals surface area contributed by atoms with Gasteiger partial charge in [-0.1, -0.05) is 0 Å². The van der Waals surface area contributed by atoms with Crippen LogP contribution in [0.2, 0.25) is 0 Å². The number of anilines is 1. The van der Waals surface area contributed by atoms with Crippen molar-refractivity contribution < 1.29 is 18.7 Å². The number of carbonyl (C=O) groups excluding carboxylic acids is 1. The normalized spacial score (nSPS) is 14.3. The maximum atomic E-state index is 12.9. The maximum absolute atomic E-state index is 12.9. The summed E-state index contributed by atoms with van der Waals surface area (Å²) >= 11 is 0. The monoisotopic (exact) mass is 256 g/mol. The number of nitrogens with two attached hydrogens (primary N) is 1. The Labute approximate surface area is 105 Å². The van der Waals surface area contributed by atoms with Gasteiger partial charge in [-0.25, -0.2) is 4.39 Å². The number of carbonyl (C=O) groups is 1. The topological polar surface area (TPSA) is 73.6 Å². The van der Waals surface area contributed by atoms with Gasteiger partial charge in [-0.2, -0.15) is 0 Å². The lowest BCUT2D eigenvalue weighted by molar-refractivity contribution is -0.0334. The highest BCUT2D eigenvalue weighted by molar-refractivity contribution is 5.94. The number of hydrogen-bond acceptors (Lipinski definition) is 4. The minimum Gasteiger partial charge on any atom is -0.399 e. The molecule has 3 N–H and O–H groups in total. The molecule has 1 aliphatic heterocycles. The van der Waals surface area contributed by atoms with Crippen molar-refractivity contribution in [2.75, 3.05) is 39.2 Å². The third-order valence-corrected chi connectivity index (χ3v) is 2.21. The molecular weight excluding hydrogens is 239 g/mol. The van der Waals surface area contributed by atoms with E-state index < -0.39 is 11.7 Å². The predicted molar refractivity (Wildman–Crippen MR) is 65.8 cm³/mol. The summed E-state index contributed by atoms with van der Waals surface area (Å²) in [6.45, 7) is 3.11. The van der Waals surface area contributed by atoms with E-state index in [-0.39, 0.29) is 5.56 Å². The van der Waals surface area contributed by atoms with Gasteiger partial charge < -0.3 is 20.5 Å². The minimum absolute atomic E-state index is 0.00620. The molecule has 1 aromatic carbocycles. The van der Waals surface area contributed by atoms with E-state index in [4.69, 9.17) is 15.2 Å². The molecular formula is C12H17FN2O3. The van der Waals surface area contributed by atoms with Gasteiger partial charge >= 0.3 is 0 Å². The SMILES string of the molecule is C1COCCO1.CNC(=O)c1ccc(N)cc1F. The third kappa shape index (κ3) is 4.68. The van der Waals surface area contributed by atoms with E-state index in [0.717, 1.165) is 32.5 Å². The maximum Gasteiger partial charge on any atom is 0.253 e. The van der Waals surface area contributed by atoms with Crippen LogP contribution in [0.4, 0.5) is 10.1 Å². The van der Waals surface area contributed by atoms with Gasteiger partial charge in [-0.3, -0.25) is 4.79 Å². The zero-order valence-electron chi connectivity index (χ0n) is 10.2. The molecule has 100 valence electrons. The fourth-order valence-electron chi connectivity index (χ4n) is 1.29. The number of amides is 1. The summed E-state index contributed by atoms with van der Waals surface area (Å²) in [7, 11) is 1.44. The number of nitrogen functional groups attached to an aromatic ring is 1. The number of benzene rings is 1. The number of ether oxygens (including phenoxy) is 2. The third-order valence-electron chi connectivity index (χ3n) is 2.21. The molecule has 1 heterocycles. The smallest absolute Gasteiger partial charge is 0.253 e. The predicted octanol–water partition coefficient (Wildman–Crippen LogP) is 0.801. The van der Waals surface area contributed by atoms with Gasteiger partial charge in [0.1, 0.15) is 5.82 Å². The molecule has 0 bridgehead atoms. The Morgan fingerprint density at radius 3 is 2.22 bits per heavy atom. The molecule has 0 saturated carbocycles. The summed E-state index contributed by atoms with van der Waals surface area (Å²) < 4.78 is 22.8. The van der Waals surface area contributed by atoms with Crippen LogP contribution in [0, 0.1) is 5.82 Å². The molecule has 18 heavy (non-hydrogen) atoms. The minimum atomic E-state index is -0.602. The van der Waals surface area contributed by atoms with Crippen molar-refractivity contribution in [3.05, 3.63) is 29.6 Å². The van der Waals surface area contributed by atoms with E-state index >= 15 is 0 Å². The summed E-state index contributed by atoms with van der Waals surface area (Å²) in [6, 6.07) is 3.95. The first-order chi connectivity index (χ1) is 8.65. The van der Waals surface area contributed by atoms with Crippen LogP contribution >= 0.6 is 0 Å². The van der Waals surface area contributed by atoms with Gasteiger partial charge in [0.05, 0.1) is 32.0 Å². The van der Waals surface area contributed by atoms with Crippen LogP contribution in [0.5, 0.6) is 0 Å². The van der Waals surface area contributed by atoms with Crippen LogP contribution in [0.3, 0.4) is 0 Å². The van der Waals surface area contributed by atoms with Gasteiger partial charge in [0.25, 0.3) is 5.91 Å². The Hall–Kier alpha value is -1.66. The highest BCUT2D eigenvalue weighted by Gasteiger charge is 2.08. The zero-order chi connectivity index (χ0) is 13.4. The standard InChI is InChI=1S/C8H9FN2O.C4H8O2/c1-11-8(12)6-3-2-5(10)4-7(6)9;1-2-6-4-3-5-1/h2-4H,10H2,1H3,(H,11,12);1-4H2. The Morgan fingerprint density at radius 2 is 1.83 bits per heavy atom. The van der Waals surface area contributed by atoms with Crippen LogP contribution in [-0.2, 0) is 9.47 Å². The fraction of sp³-hybridized carbons (Fsp3) is 0.417.